The van der Waals surface area contributed by atoms with E-state index in [0.717, 1.165) is 0 Å². The lowest BCUT2D eigenvalue weighted by molar-refractivity contribution is 0.0652. The Balaban J connectivity index is 2.49. The molecule has 0 radical (unpaired) electrons. The molecule has 2 atom stereocenters. The molecule has 1 aliphatic heterocycles. The van der Waals surface area contributed by atoms with E-state index < -0.39 is 18.0 Å². The summed E-state index contributed by atoms with van der Waals surface area (Å²) in [6, 6.07) is 3.96. The van der Waals surface area contributed by atoms with Gasteiger partial charge in [0.2, 0.25) is 0 Å². The molecule has 1 aliphatic rings. The van der Waals surface area contributed by atoms with Crippen LogP contribution in [0, 0.1) is 5.82 Å². The SMILES string of the molecule is NC1c2cccc(F)c2OCC1O. The Morgan fingerprint density at radius 1 is 1.54 bits per heavy atom. The lowest BCUT2D eigenvalue weighted by atomic mass is 9.99. The molecule has 70 valence electrons. The van der Waals surface area contributed by atoms with Gasteiger partial charge in [-0.2, -0.15) is 0 Å². The molecule has 0 amide bonds. The van der Waals surface area contributed by atoms with Crippen molar-refractivity contribution in [2.24, 2.45) is 5.73 Å². The van der Waals surface area contributed by atoms with Crippen LogP contribution < -0.4 is 10.5 Å². The largest absolute Gasteiger partial charge is 0.487 e. The average molecular weight is 183 g/mol. The van der Waals surface area contributed by atoms with E-state index >= 15 is 0 Å². The summed E-state index contributed by atoms with van der Waals surface area (Å²) in [6.45, 7) is 0.0507. The van der Waals surface area contributed by atoms with Gasteiger partial charge in [0.1, 0.15) is 12.7 Å². The lowest BCUT2D eigenvalue weighted by Crippen LogP contribution is -2.36. The zero-order valence-electron chi connectivity index (χ0n) is 6.90. The molecule has 2 unspecified atom stereocenters. The van der Waals surface area contributed by atoms with Crippen molar-refractivity contribution in [3.8, 4) is 5.75 Å². The van der Waals surface area contributed by atoms with E-state index in [1.807, 2.05) is 0 Å². The highest BCUT2D eigenvalue weighted by Gasteiger charge is 2.27. The number of aliphatic hydroxyl groups is 1. The molecular weight excluding hydrogens is 173 g/mol. The molecule has 3 nitrogen and oxygen atoms in total. The van der Waals surface area contributed by atoms with Crippen molar-refractivity contribution in [2.45, 2.75) is 12.1 Å². The van der Waals surface area contributed by atoms with Crippen LogP contribution in [0.1, 0.15) is 11.6 Å². The van der Waals surface area contributed by atoms with Crippen LogP contribution in [-0.4, -0.2) is 17.8 Å². The third-order valence-electron chi connectivity index (χ3n) is 2.17. The molecule has 0 aromatic heterocycles. The molecule has 4 heteroatoms. The molecule has 0 bridgehead atoms. The van der Waals surface area contributed by atoms with Crippen LogP contribution in [0.3, 0.4) is 0 Å². The van der Waals surface area contributed by atoms with E-state index in [0.29, 0.717) is 5.56 Å². The molecule has 0 spiro atoms. The first-order valence-electron chi connectivity index (χ1n) is 4.05. The maximum absolute atomic E-state index is 13.1. The first kappa shape index (κ1) is 8.47. The van der Waals surface area contributed by atoms with Gasteiger partial charge in [-0.05, 0) is 6.07 Å². The minimum Gasteiger partial charge on any atom is -0.487 e. The number of aliphatic hydroxyl groups excluding tert-OH is 1. The Bertz CT molecular complexity index is 329. The highest BCUT2D eigenvalue weighted by Crippen LogP contribution is 2.32. The van der Waals surface area contributed by atoms with Crippen molar-refractivity contribution in [3.05, 3.63) is 29.6 Å². The number of hydrogen-bond donors (Lipinski definition) is 2. The quantitative estimate of drug-likeness (QED) is 0.618. The topological polar surface area (TPSA) is 55.5 Å². The highest BCUT2D eigenvalue weighted by atomic mass is 19.1. The standard InChI is InChI=1S/C9H10FNO2/c10-6-3-1-2-5-8(11)7(12)4-13-9(5)6/h1-3,7-8,12H,4,11H2. The highest BCUT2D eigenvalue weighted by molar-refractivity contribution is 5.39. The second-order valence-corrected chi connectivity index (χ2v) is 3.06. The van der Waals surface area contributed by atoms with Gasteiger partial charge in [-0.25, -0.2) is 4.39 Å². The van der Waals surface area contributed by atoms with E-state index in [9.17, 15) is 9.50 Å². The van der Waals surface area contributed by atoms with Gasteiger partial charge in [0, 0.05) is 5.56 Å². The van der Waals surface area contributed by atoms with Gasteiger partial charge in [-0.1, -0.05) is 12.1 Å². The number of benzene rings is 1. The smallest absolute Gasteiger partial charge is 0.165 e. The normalized spacial score (nSPS) is 26.4. The van der Waals surface area contributed by atoms with E-state index in [4.69, 9.17) is 10.5 Å². The molecule has 0 aliphatic carbocycles. The van der Waals surface area contributed by atoms with E-state index in [1.54, 1.807) is 12.1 Å². The number of para-hydroxylation sites is 1. The molecule has 1 aromatic carbocycles. The summed E-state index contributed by atoms with van der Waals surface area (Å²) < 4.78 is 18.1. The van der Waals surface area contributed by atoms with Gasteiger partial charge in [-0.15, -0.1) is 0 Å². The Morgan fingerprint density at radius 3 is 3.08 bits per heavy atom. The fraction of sp³-hybridized carbons (Fsp3) is 0.333. The second-order valence-electron chi connectivity index (χ2n) is 3.06. The molecule has 1 heterocycles. The Kier molecular flexibility index (Phi) is 1.94. The Labute approximate surface area is 74.9 Å². The molecule has 0 saturated heterocycles. The first-order chi connectivity index (χ1) is 6.20. The zero-order valence-corrected chi connectivity index (χ0v) is 6.90. The van der Waals surface area contributed by atoms with Gasteiger partial charge in [0.25, 0.3) is 0 Å². The van der Waals surface area contributed by atoms with Crippen LogP contribution in [0.25, 0.3) is 0 Å². The molecule has 2 rings (SSSR count). The number of ether oxygens (including phenoxy) is 1. The summed E-state index contributed by atoms with van der Waals surface area (Å²) in [6.07, 6.45) is -0.755. The summed E-state index contributed by atoms with van der Waals surface area (Å²) in [5.41, 5.74) is 6.19. The van der Waals surface area contributed by atoms with Crippen LogP contribution >= 0.6 is 0 Å². The van der Waals surface area contributed by atoms with Gasteiger partial charge in [-0.3, -0.25) is 0 Å². The number of halogens is 1. The molecule has 1 aromatic rings. The van der Waals surface area contributed by atoms with Crippen molar-refractivity contribution < 1.29 is 14.2 Å². The van der Waals surface area contributed by atoms with E-state index in [1.165, 1.54) is 6.07 Å². The van der Waals surface area contributed by atoms with Gasteiger partial charge >= 0.3 is 0 Å². The summed E-state index contributed by atoms with van der Waals surface area (Å²) in [7, 11) is 0. The van der Waals surface area contributed by atoms with Crippen LogP contribution in [0.4, 0.5) is 4.39 Å². The van der Waals surface area contributed by atoms with Gasteiger partial charge in [0.05, 0.1) is 6.04 Å². The predicted octanol–water partition coefficient (Wildman–Crippen LogP) is 0.579. The van der Waals surface area contributed by atoms with Crippen molar-refractivity contribution in [3.63, 3.8) is 0 Å². The molecule has 0 fully saturated rings. The van der Waals surface area contributed by atoms with Crippen LogP contribution in [0.2, 0.25) is 0 Å². The van der Waals surface area contributed by atoms with Crippen LogP contribution in [0.5, 0.6) is 5.75 Å². The Hall–Kier alpha value is -1.13. The first-order valence-corrected chi connectivity index (χ1v) is 4.05. The van der Waals surface area contributed by atoms with Crippen molar-refractivity contribution in [2.75, 3.05) is 6.61 Å². The zero-order chi connectivity index (χ0) is 9.42. The summed E-state index contributed by atoms with van der Waals surface area (Å²) in [5, 5.41) is 9.34. The third kappa shape index (κ3) is 1.28. The maximum atomic E-state index is 13.1. The molecule has 0 saturated carbocycles. The lowest BCUT2D eigenvalue weighted by Gasteiger charge is -2.27. The molecular formula is C9H10FNO2. The Morgan fingerprint density at radius 2 is 2.31 bits per heavy atom. The minimum absolute atomic E-state index is 0.0507. The van der Waals surface area contributed by atoms with Gasteiger partial charge < -0.3 is 15.6 Å². The number of nitrogens with two attached hydrogens (primary N) is 1. The molecule has 13 heavy (non-hydrogen) atoms. The fourth-order valence-corrected chi connectivity index (χ4v) is 1.42. The van der Waals surface area contributed by atoms with Crippen molar-refractivity contribution >= 4 is 0 Å². The number of fused-ring (bicyclic) bond motifs is 1. The monoisotopic (exact) mass is 183 g/mol. The summed E-state index contributed by atoms with van der Waals surface area (Å²) >= 11 is 0. The summed E-state index contributed by atoms with van der Waals surface area (Å²) in [5.74, 6) is -0.264. The van der Waals surface area contributed by atoms with Crippen molar-refractivity contribution in [1.29, 1.82) is 0 Å². The molecule has 3 N–H and O–H groups in total. The van der Waals surface area contributed by atoms with Gasteiger partial charge in [0.15, 0.2) is 11.6 Å². The maximum Gasteiger partial charge on any atom is 0.165 e. The summed E-state index contributed by atoms with van der Waals surface area (Å²) in [4.78, 5) is 0. The van der Waals surface area contributed by atoms with E-state index in [2.05, 4.69) is 0 Å². The van der Waals surface area contributed by atoms with Crippen LogP contribution in [0.15, 0.2) is 18.2 Å². The second kappa shape index (κ2) is 2.97. The average Bonchev–Trinajstić information content (AvgIpc) is 2.12. The predicted molar refractivity (Wildman–Crippen MR) is 44.8 cm³/mol. The number of rotatable bonds is 0. The number of hydrogen-bond acceptors (Lipinski definition) is 3. The minimum atomic E-state index is -0.755. The third-order valence-corrected chi connectivity index (χ3v) is 2.17. The van der Waals surface area contributed by atoms with Crippen molar-refractivity contribution in [1.82, 2.24) is 0 Å². The van der Waals surface area contributed by atoms with Crippen LogP contribution in [-0.2, 0) is 0 Å². The van der Waals surface area contributed by atoms with E-state index in [-0.39, 0.29) is 12.4 Å². The fourth-order valence-electron chi connectivity index (χ4n) is 1.42.